The largest absolute Gasteiger partial charge is 0.399 e. The Labute approximate surface area is 120 Å². The van der Waals surface area contributed by atoms with Crippen molar-refractivity contribution in [3.8, 4) is 6.07 Å². The Morgan fingerprint density at radius 3 is 2.25 bits per heavy atom. The normalized spacial score (nSPS) is 10.0. The van der Waals surface area contributed by atoms with Crippen molar-refractivity contribution in [1.82, 2.24) is 0 Å². The van der Waals surface area contributed by atoms with Gasteiger partial charge in [-0.1, -0.05) is 19.1 Å². The highest BCUT2D eigenvalue weighted by atomic mass is 15.1. The van der Waals surface area contributed by atoms with E-state index in [1.165, 1.54) is 11.3 Å². The van der Waals surface area contributed by atoms with Gasteiger partial charge in [-0.25, -0.2) is 0 Å². The third kappa shape index (κ3) is 3.52. The number of rotatable bonds is 5. The standard InChI is InChI=1S/C17H19N3/c1-2-11-20(17-9-7-16(19)8-10-17)13-15-5-3-14(12-18)4-6-15/h3-10H,2,11,13,19H2,1H3. The highest BCUT2D eigenvalue weighted by Gasteiger charge is 2.06. The lowest BCUT2D eigenvalue weighted by molar-refractivity contribution is 0.767. The molecule has 0 aliphatic heterocycles. The maximum absolute atomic E-state index is 8.83. The van der Waals surface area contributed by atoms with Crippen LogP contribution in [-0.2, 0) is 6.54 Å². The molecule has 0 aliphatic rings. The van der Waals surface area contributed by atoms with Gasteiger partial charge in [-0.3, -0.25) is 0 Å². The monoisotopic (exact) mass is 265 g/mol. The van der Waals surface area contributed by atoms with E-state index in [-0.39, 0.29) is 0 Å². The molecular formula is C17H19N3. The smallest absolute Gasteiger partial charge is 0.0991 e. The van der Waals surface area contributed by atoms with E-state index < -0.39 is 0 Å². The summed E-state index contributed by atoms with van der Waals surface area (Å²) in [6, 6.07) is 17.9. The molecule has 2 rings (SSSR count). The predicted octanol–water partition coefficient (Wildman–Crippen LogP) is 3.56. The van der Waals surface area contributed by atoms with Gasteiger partial charge in [-0.2, -0.15) is 5.26 Å². The molecule has 20 heavy (non-hydrogen) atoms. The molecule has 0 fully saturated rings. The van der Waals surface area contributed by atoms with Gasteiger partial charge in [0, 0.05) is 24.5 Å². The second-order valence-electron chi connectivity index (χ2n) is 4.82. The fraction of sp³-hybridized carbons (Fsp3) is 0.235. The molecule has 102 valence electrons. The summed E-state index contributed by atoms with van der Waals surface area (Å²) in [5, 5.41) is 8.83. The SMILES string of the molecule is CCCN(Cc1ccc(C#N)cc1)c1ccc(N)cc1. The molecule has 3 heteroatoms. The van der Waals surface area contributed by atoms with Gasteiger partial charge in [0.25, 0.3) is 0 Å². The quantitative estimate of drug-likeness (QED) is 0.841. The van der Waals surface area contributed by atoms with Crippen LogP contribution in [-0.4, -0.2) is 6.54 Å². The summed E-state index contributed by atoms with van der Waals surface area (Å²) >= 11 is 0. The summed E-state index contributed by atoms with van der Waals surface area (Å²) in [7, 11) is 0. The first-order valence-electron chi connectivity index (χ1n) is 6.82. The Hall–Kier alpha value is -2.47. The van der Waals surface area contributed by atoms with Gasteiger partial charge >= 0.3 is 0 Å². The Balaban J connectivity index is 2.16. The predicted molar refractivity (Wildman–Crippen MR) is 83.4 cm³/mol. The van der Waals surface area contributed by atoms with E-state index in [0.29, 0.717) is 5.56 Å². The minimum Gasteiger partial charge on any atom is -0.399 e. The van der Waals surface area contributed by atoms with Crippen molar-refractivity contribution in [3.05, 3.63) is 59.7 Å². The van der Waals surface area contributed by atoms with Gasteiger partial charge < -0.3 is 10.6 Å². The van der Waals surface area contributed by atoms with Crippen molar-refractivity contribution in [2.45, 2.75) is 19.9 Å². The zero-order valence-corrected chi connectivity index (χ0v) is 11.7. The Morgan fingerprint density at radius 1 is 1.05 bits per heavy atom. The Kier molecular flexibility index (Phi) is 4.62. The van der Waals surface area contributed by atoms with Crippen molar-refractivity contribution in [2.75, 3.05) is 17.2 Å². The molecule has 0 unspecified atom stereocenters. The van der Waals surface area contributed by atoms with Gasteiger partial charge in [-0.05, 0) is 48.4 Å². The number of nitriles is 1. The van der Waals surface area contributed by atoms with E-state index in [4.69, 9.17) is 11.0 Å². The molecule has 0 spiro atoms. The molecule has 0 atom stereocenters. The summed E-state index contributed by atoms with van der Waals surface area (Å²) in [6.07, 6.45) is 1.08. The number of nitrogen functional groups attached to an aromatic ring is 1. The number of anilines is 2. The molecule has 0 aromatic heterocycles. The lowest BCUT2D eigenvalue weighted by Crippen LogP contribution is -2.23. The molecule has 0 saturated carbocycles. The van der Waals surface area contributed by atoms with E-state index in [9.17, 15) is 0 Å². The first kappa shape index (κ1) is 14.0. The van der Waals surface area contributed by atoms with Crippen LogP contribution in [0.2, 0.25) is 0 Å². The van der Waals surface area contributed by atoms with Gasteiger partial charge in [-0.15, -0.1) is 0 Å². The van der Waals surface area contributed by atoms with Crippen molar-refractivity contribution >= 4 is 11.4 Å². The molecule has 0 bridgehead atoms. The van der Waals surface area contributed by atoms with E-state index in [2.05, 4.69) is 30.0 Å². The zero-order valence-electron chi connectivity index (χ0n) is 11.7. The molecule has 0 amide bonds. The van der Waals surface area contributed by atoms with E-state index in [1.54, 1.807) is 0 Å². The Morgan fingerprint density at radius 2 is 1.70 bits per heavy atom. The fourth-order valence-corrected chi connectivity index (χ4v) is 2.16. The van der Waals surface area contributed by atoms with E-state index >= 15 is 0 Å². The van der Waals surface area contributed by atoms with Crippen LogP contribution in [0, 0.1) is 11.3 Å². The lowest BCUT2D eigenvalue weighted by atomic mass is 10.1. The first-order valence-corrected chi connectivity index (χ1v) is 6.82. The average molecular weight is 265 g/mol. The number of hydrogen-bond donors (Lipinski definition) is 1. The van der Waals surface area contributed by atoms with Crippen molar-refractivity contribution in [1.29, 1.82) is 5.26 Å². The zero-order chi connectivity index (χ0) is 14.4. The van der Waals surface area contributed by atoms with Crippen LogP contribution >= 0.6 is 0 Å². The summed E-state index contributed by atoms with van der Waals surface area (Å²) in [4.78, 5) is 2.32. The van der Waals surface area contributed by atoms with E-state index in [1.807, 2.05) is 36.4 Å². The third-order valence-corrected chi connectivity index (χ3v) is 3.21. The number of hydrogen-bond acceptors (Lipinski definition) is 3. The first-order chi connectivity index (χ1) is 9.72. The summed E-state index contributed by atoms with van der Waals surface area (Å²) in [5.74, 6) is 0. The van der Waals surface area contributed by atoms with Crippen LogP contribution in [0.3, 0.4) is 0 Å². The second kappa shape index (κ2) is 6.63. The van der Waals surface area contributed by atoms with Crippen LogP contribution in [0.5, 0.6) is 0 Å². The summed E-state index contributed by atoms with van der Waals surface area (Å²) in [6.45, 7) is 4.00. The summed E-state index contributed by atoms with van der Waals surface area (Å²) in [5.41, 5.74) is 9.59. The van der Waals surface area contributed by atoms with Crippen LogP contribution in [0.1, 0.15) is 24.5 Å². The Bertz CT molecular complexity index is 579. The van der Waals surface area contributed by atoms with Gasteiger partial charge in [0.15, 0.2) is 0 Å². The highest BCUT2D eigenvalue weighted by molar-refractivity contribution is 5.53. The minimum atomic E-state index is 0.697. The van der Waals surface area contributed by atoms with Gasteiger partial charge in [0.1, 0.15) is 0 Å². The van der Waals surface area contributed by atoms with Crippen molar-refractivity contribution < 1.29 is 0 Å². The molecule has 2 aromatic rings. The third-order valence-electron chi connectivity index (χ3n) is 3.21. The minimum absolute atomic E-state index is 0.697. The van der Waals surface area contributed by atoms with E-state index in [0.717, 1.165) is 25.2 Å². The van der Waals surface area contributed by atoms with Gasteiger partial charge in [0.2, 0.25) is 0 Å². The van der Waals surface area contributed by atoms with Crippen molar-refractivity contribution in [2.24, 2.45) is 0 Å². The van der Waals surface area contributed by atoms with Crippen LogP contribution < -0.4 is 10.6 Å². The number of nitrogens with two attached hydrogens (primary N) is 1. The molecule has 2 N–H and O–H groups in total. The molecule has 0 radical (unpaired) electrons. The number of benzene rings is 2. The molecule has 0 aliphatic carbocycles. The molecular weight excluding hydrogens is 246 g/mol. The van der Waals surface area contributed by atoms with Gasteiger partial charge in [0.05, 0.1) is 11.6 Å². The van der Waals surface area contributed by atoms with Crippen molar-refractivity contribution in [3.63, 3.8) is 0 Å². The molecule has 0 saturated heterocycles. The molecule has 2 aromatic carbocycles. The topological polar surface area (TPSA) is 53.0 Å². The van der Waals surface area contributed by atoms with Crippen LogP contribution in [0.25, 0.3) is 0 Å². The average Bonchev–Trinajstić information content (AvgIpc) is 2.48. The number of nitrogens with zero attached hydrogens (tertiary/aromatic N) is 2. The molecule has 3 nitrogen and oxygen atoms in total. The maximum atomic E-state index is 8.83. The summed E-state index contributed by atoms with van der Waals surface area (Å²) < 4.78 is 0. The highest BCUT2D eigenvalue weighted by Crippen LogP contribution is 2.19. The fourth-order valence-electron chi connectivity index (χ4n) is 2.16. The second-order valence-corrected chi connectivity index (χ2v) is 4.82. The van der Waals surface area contributed by atoms with Crippen LogP contribution in [0.15, 0.2) is 48.5 Å². The van der Waals surface area contributed by atoms with Crippen LogP contribution in [0.4, 0.5) is 11.4 Å². The lowest BCUT2D eigenvalue weighted by Gasteiger charge is -2.24. The maximum Gasteiger partial charge on any atom is 0.0991 e. The molecule has 0 heterocycles.